The van der Waals surface area contributed by atoms with E-state index in [1.54, 1.807) is 0 Å². The molecule has 406 valence electrons. The van der Waals surface area contributed by atoms with Crippen molar-refractivity contribution in [2.24, 2.45) is 0 Å². The summed E-state index contributed by atoms with van der Waals surface area (Å²) in [6.07, 6.45) is 62.5. The van der Waals surface area contributed by atoms with Crippen molar-refractivity contribution in [3.05, 3.63) is 12.2 Å². The van der Waals surface area contributed by atoms with E-state index in [9.17, 15) is 19.4 Å². The van der Waals surface area contributed by atoms with Crippen LogP contribution in [0, 0.1) is 0 Å². The highest BCUT2D eigenvalue weighted by molar-refractivity contribution is 7.45. The molecule has 0 fully saturated rings. The molecule has 3 atom stereocenters. The van der Waals surface area contributed by atoms with Crippen LogP contribution < -0.4 is 10.2 Å². The summed E-state index contributed by atoms with van der Waals surface area (Å²) in [5.41, 5.74) is 0. The van der Waals surface area contributed by atoms with Crippen LogP contribution in [0.2, 0.25) is 0 Å². The molecule has 0 radical (unpaired) electrons. The zero-order valence-corrected chi connectivity index (χ0v) is 47.2. The molecule has 9 heteroatoms. The van der Waals surface area contributed by atoms with E-state index in [-0.39, 0.29) is 19.1 Å². The minimum absolute atomic E-state index is 0.0138. The normalized spacial score (nSPS) is 13.9. The second-order valence-electron chi connectivity index (χ2n) is 22.1. The first kappa shape index (κ1) is 67.2. The Bertz CT molecular complexity index is 1120. The van der Waals surface area contributed by atoms with Gasteiger partial charge in [0.25, 0.3) is 7.82 Å². The number of aliphatic hydroxyl groups excluding tert-OH is 1. The lowest BCUT2D eigenvalue weighted by Crippen LogP contribution is -2.46. The van der Waals surface area contributed by atoms with E-state index >= 15 is 0 Å². The average Bonchev–Trinajstić information content (AvgIpc) is 3.30. The molecule has 0 spiro atoms. The van der Waals surface area contributed by atoms with Gasteiger partial charge in [0.15, 0.2) is 0 Å². The standard InChI is InChI=1S/C59H119N2O6P/c1-6-8-10-12-14-16-18-20-22-24-26-27-28-29-30-31-32-33-34-35-36-38-40-42-44-46-48-50-52-58(62)57(56-67-68(64,65)66-55-54-61(3,4)5)60-59(63)53-51-49-47-45-43-41-39-37-25-23-21-19-17-15-13-11-9-7-2/h23,25,57-58,62H,6-22,24,26-56H2,1-5H3,(H-,60,63,64,65)/b25-23-. The number of carbonyl (C=O) groups is 1. The second-order valence-corrected chi connectivity index (χ2v) is 23.5. The van der Waals surface area contributed by atoms with Crippen molar-refractivity contribution in [1.29, 1.82) is 0 Å². The number of hydrogen-bond donors (Lipinski definition) is 2. The monoisotopic (exact) mass is 983 g/mol. The SMILES string of the molecule is CCCCCCCCC/C=C\CCCCCCCCCC(=O)NC(COP(=O)([O-])OCC[N+](C)(C)C)C(O)CCCCCCCCCCCCCCCCCCCCCCCCCCCCCC. The number of phosphoric ester groups is 1. The Labute approximate surface area is 424 Å². The number of aliphatic hydroxyl groups is 1. The number of nitrogens with one attached hydrogen (secondary N) is 1. The number of nitrogens with zero attached hydrogens (tertiary/aromatic N) is 1. The number of hydrogen-bond acceptors (Lipinski definition) is 6. The lowest BCUT2D eigenvalue weighted by Gasteiger charge is -2.30. The van der Waals surface area contributed by atoms with Gasteiger partial charge in [0.05, 0.1) is 39.9 Å². The Hall–Kier alpha value is -0.760. The summed E-state index contributed by atoms with van der Waals surface area (Å²) in [6.45, 7) is 4.76. The van der Waals surface area contributed by atoms with E-state index < -0.39 is 20.0 Å². The van der Waals surface area contributed by atoms with Crippen molar-refractivity contribution >= 4 is 13.7 Å². The van der Waals surface area contributed by atoms with Crippen LogP contribution in [-0.4, -0.2) is 68.5 Å². The van der Waals surface area contributed by atoms with Crippen LogP contribution in [0.4, 0.5) is 0 Å². The van der Waals surface area contributed by atoms with Gasteiger partial charge in [0, 0.05) is 6.42 Å². The molecule has 0 aliphatic rings. The molecule has 1 amide bonds. The summed E-state index contributed by atoms with van der Waals surface area (Å²) in [6, 6.07) is -0.801. The van der Waals surface area contributed by atoms with Crippen molar-refractivity contribution in [2.75, 3.05) is 40.9 Å². The smallest absolute Gasteiger partial charge is 0.268 e. The van der Waals surface area contributed by atoms with E-state index in [1.807, 2.05) is 21.1 Å². The average molecular weight is 984 g/mol. The minimum atomic E-state index is -4.57. The first-order valence-corrected chi connectivity index (χ1v) is 31.5. The summed E-state index contributed by atoms with van der Waals surface area (Å²) in [5.74, 6) is -0.164. The minimum Gasteiger partial charge on any atom is -0.756 e. The van der Waals surface area contributed by atoms with E-state index in [0.29, 0.717) is 23.9 Å². The molecule has 8 nitrogen and oxygen atoms in total. The van der Waals surface area contributed by atoms with Gasteiger partial charge in [-0.15, -0.1) is 0 Å². The van der Waals surface area contributed by atoms with Gasteiger partial charge in [-0.05, 0) is 38.5 Å². The third kappa shape index (κ3) is 53.0. The summed E-state index contributed by atoms with van der Waals surface area (Å²) in [7, 11) is 1.32. The van der Waals surface area contributed by atoms with Gasteiger partial charge in [-0.2, -0.15) is 0 Å². The first-order chi connectivity index (χ1) is 33.0. The summed E-state index contributed by atoms with van der Waals surface area (Å²) < 4.78 is 23.4. The lowest BCUT2D eigenvalue weighted by atomic mass is 10.0. The molecule has 0 aromatic heterocycles. The highest BCUT2D eigenvalue weighted by atomic mass is 31.2. The fraction of sp³-hybridized carbons (Fsp3) is 0.949. The van der Waals surface area contributed by atoms with Gasteiger partial charge in [0.1, 0.15) is 13.2 Å². The topological polar surface area (TPSA) is 108 Å². The summed E-state index contributed by atoms with van der Waals surface area (Å²) in [5, 5.41) is 14.0. The maximum Gasteiger partial charge on any atom is 0.268 e. The molecule has 0 aliphatic heterocycles. The molecule has 0 heterocycles. The molecule has 0 saturated heterocycles. The van der Waals surface area contributed by atoms with Crippen molar-refractivity contribution in [2.45, 2.75) is 321 Å². The molecule has 0 aliphatic carbocycles. The zero-order valence-electron chi connectivity index (χ0n) is 46.3. The molecule has 0 aromatic rings. The van der Waals surface area contributed by atoms with Gasteiger partial charge in [0.2, 0.25) is 5.91 Å². The molecule has 3 unspecified atom stereocenters. The predicted molar refractivity (Wildman–Crippen MR) is 293 cm³/mol. The number of likely N-dealkylation sites (N-methyl/N-ethyl adjacent to an activating group) is 1. The number of phosphoric acid groups is 1. The third-order valence-electron chi connectivity index (χ3n) is 14.0. The third-order valence-corrected chi connectivity index (χ3v) is 15.0. The fourth-order valence-electron chi connectivity index (χ4n) is 9.27. The quantitative estimate of drug-likeness (QED) is 0.0272. The van der Waals surface area contributed by atoms with Crippen LogP contribution in [0.1, 0.15) is 309 Å². The number of carbonyl (C=O) groups excluding carboxylic acids is 1. The molecular weight excluding hydrogens is 864 g/mol. The molecule has 0 aromatic carbocycles. The van der Waals surface area contributed by atoms with Crippen LogP contribution in [0.3, 0.4) is 0 Å². The molecule has 0 bridgehead atoms. The highest BCUT2D eigenvalue weighted by Gasteiger charge is 2.24. The number of quaternary nitrogens is 1. The van der Waals surface area contributed by atoms with Crippen LogP contribution in [0.5, 0.6) is 0 Å². The fourth-order valence-corrected chi connectivity index (χ4v) is 10.00. The van der Waals surface area contributed by atoms with E-state index in [4.69, 9.17) is 9.05 Å². The zero-order chi connectivity index (χ0) is 49.9. The van der Waals surface area contributed by atoms with Crippen LogP contribution in [-0.2, 0) is 18.4 Å². The highest BCUT2D eigenvalue weighted by Crippen LogP contribution is 2.38. The Morgan fingerprint density at radius 3 is 1.15 bits per heavy atom. The van der Waals surface area contributed by atoms with Gasteiger partial charge >= 0.3 is 0 Å². The van der Waals surface area contributed by atoms with Crippen LogP contribution in [0.15, 0.2) is 12.2 Å². The Morgan fingerprint density at radius 2 is 0.809 bits per heavy atom. The number of amides is 1. The Balaban J connectivity index is 4.08. The van der Waals surface area contributed by atoms with Gasteiger partial charge < -0.3 is 28.8 Å². The van der Waals surface area contributed by atoms with Crippen molar-refractivity contribution in [1.82, 2.24) is 5.32 Å². The molecule has 0 saturated carbocycles. The van der Waals surface area contributed by atoms with E-state index in [2.05, 4.69) is 31.3 Å². The van der Waals surface area contributed by atoms with Gasteiger partial charge in [-0.3, -0.25) is 9.36 Å². The van der Waals surface area contributed by atoms with Crippen LogP contribution in [0.25, 0.3) is 0 Å². The maximum atomic E-state index is 13.0. The Morgan fingerprint density at radius 1 is 0.500 bits per heavy atom. The molecule has 68 heavy (non-hydrogen) atoms. The van der Waals surface area contributed by atoms with E-state index in [0.717, 1.165) is 38.5 Å². The Kier molecular flexibility index (Phi) is 50.6. The molecular formula is C59H119N2O6P. The molecule has 0 rings (SSSR count). The lowest BCUT2D eigenvalue weighted by molar-refractivity contribution is -0.870. The number of allylic oxidation sites excluding steroid dienone is 2. The van der Waals surface area contributed by atoms with Gasteiger partial charge in [-0.1, -0.05) is 276 Å². The maximum absolute atomic E-state index is 13.0. The number of rotatable bonds is 56. The van der Waals surface area contributed by atoms with Crippen molar-refractivity contribution in [3.63, 3.8) is 0 Å². The predicted octanol–water partition coefficient (Wildman–Crippen LogP) is 17.6. The molecule has 2 N–H and O–H groups in total. The first-order valence-electron chi connectivity index (χ1n) is 30.0. The van der Waals surface area contributed by atoms with Crippen molar-refractivity contribution < 1.29 is 32.9 Å². The second kappa shape index (κ2) is 51.2. The van der Waals surface area contributed by atoms with Crippen LogP contribution >= 0.6 is 7.82 Å². The largest absolute Gasteiger partial charge is 0.756 e. The van der Waals surface area contributed by atoms with Gasteiger partial charge in [-0.25, -0.2) is 0 Å². The number of unbranched alkanes of at least 4 members (excludes halogenated alkanes) is 41. The van der Waals surface area contributed by atoms with Crippen molar-refractivity contribution in [3.8, 4) is 0 Å². The van der Waals surface area contributed by atoms with E-state index in [1.165, 1.54) is 244 Å². The summed E-state index contributed by atoms with van der Waals surface area (Å²) >= 11 is 0. The summed E-state index contributed by atoms with van der Waals surface area (Å²) in [4.78, 5) is 25.5.